The summed E-state index contributed by atoms with van der Waals surface area (Å²) >= 11 is 0. The van der Waals surface area contributed by atoms with Gasteiger partial charge in [0.1, 0.15) is 6.54 Å². The summed E-state index contributed by atoms with van der Waals surface area (Å²) in [6.45, 7) is 3.01. The van der Waals surface area contributed by atoms with Gasteiger partial charge in [-0.3, -0.25) is 9.97 Å². The summed E-state index contributed by atoms with van der Waals surface area (Å²) in [6.07, 6.45) is 7.25. The molecule has 0 atom stereocenters. The van der Waals surface area contributed by atoms with Crippen LogP contribution in [0.4, 0.5) is 0 Å². The minimum absolute atomic E-state index is 0.829. The maximum atomic E-state index is 8.25. The number of pyridine rings is 2. The van der Waals surface area contributed by atoms with Crippen LogP contribution in [0.15, 0.2) is 110 Å². The third kappa shape index (κ3) is 9.39. The second-order valence-corrected chi connectivity index (χ2v) is 11.1. The van der Waals surface area contributed by atoms with Crippen molar-refractivity contribution in [3.63, 3.8) is 0 Å². The summed E-state index contributed by atoms with van der Waals surface area (Å²) in [6, 6.07) is 29.2. The smallest absolute Gasteiger partial charge is 0.104 e. The number of rotatable bonds is 4. The zero-order valence-electron chi connectivity index (χ0n) is 25.1. The van der Waals surface area contributed by atoms with Gasteiger partial charge < -0.3 is 19.8 Å². The number of benzene rings is 3. The van der Waals surface area contributed by atoms with Crippen LogP contribution in [0, 0.1) is 45.9 Å². The lowest BCUT2D eigenvalue weighted by Crippen LogP contribution is -2.33. The highest BCUT2D eigenvalue weighted by Gasteiger charge is 2.12. The molecule has 0 aliphatic heterocycles. The van der Waals surface area contributed by atoms with Gasteiger partial charge >= 0.3 is 0 Å². The van der Waals surface area contributed by atoms with Crippen molar-refractivity contribution in [1.29, 1.82) is 0 Å². The van der Waals surface area contributed by atoms with Crippen LogP contribution in [0.1, 0.15) is 33.4 Å². The predicted octanol–water partition coefficient (Wildman–Crippen LogP) is 6.89. The molecule has 0 saturated heterocycles. The molecule has 0 N–H and O–H groups in total. The van der Waals surface area contributed by atoms with E-state index in [1.807, 2.05) is 49.1 Å². The van der Waals surface area contributed by atoms with Crippen LogP contribution >= 0.6 is 0 Å². The Hall–Kier alpha value is -5.76. The quantitative estimate of drug-likeness (QED) is 0.1000. The van der Waals surface area contributed by atoms with E-state index in [-0.39, 0.29) is 0 Å². The monoisotopic (exact) mass is 580 g/mol. The Morgan fingerprint density at radius 3 is 1.30 bits per heavy atom. The van der Waals surface area contributed by atoms with E-state index in [2.05, 4.69) is 122 Å². The normalized spacial score (nSPS) is 10.3. The standard InChI is InChI=1S/C37H32N3.NO3/c1-28-36(15-9-29-5-11-32(12-6-29)34-17-21-38-22-18-34)25-31(27-40(2,3)4)26-37(28)16-10-30-7-13-33(14-8-30)35-19-23-39-24-20-35;2-1(3)4/h5-8,11-14,17-26H,27H2,1-4H3;/q+1;-1. The Morgan fingerprint density at radius 1 is 0.614 bits per heavy atom. The molecule has 7 nitrogen and oxygen atoms in total. The first-order valence-electron chi connectivity index (χ1n) is 13.9. The van der Waals surface area contributed by atoms with Crippen LogP contribution < -0.4 is 0 Å². The van der Waals surface area contributed by atoms with Crippen LogP contribution in [0.5, 0.6) is 0 Å². The number of nitrogens with zero attached hydrogens (tertiary/aromatic N) is 4. The lowest BCUT2D eigenvalue weighted by atomic mass is 9.97. The largest absolute Gasteiger partial charge is 0.356 e. The third-order valence-electron chi connectivity index (χ3n) is 6.60. The van der Waals surface area contributed by atoms with Crippen molar-refractivity contribution in [1.82, 2.24) is 9.97 Å². The molecule has 0 spiro atoms. The molecule has 5 rings (SSSR count). The molecule has 0 amide bonds. The summed E-state index contributed by atoms with van der Waals surface area (Å²) in [7, 11) is 6.60. The summed E-state index contributed by atoms with van der Waals surface area (Å²) in [5.41, 5.74) is 10.9. The molecule has 0 radical (unpaired) electrons. The van der Waals surface area contributed by atoms with Gasteiger partial charge in [-0.1, -0.05) is 47.9 Å². The van der Waals surface area contributed by atoms with Gasteiger partial charge in [0.05, 0.1) is 26.2 Å². The van der Waals surface area contributed by atoms with Crippen LogP contribution in [0.2, 0.25) is 0 Å². The summed E-state index contributed by atoms with van der Waals surface area (Å²) in [4.78, 5) is 16.5. The molecule has 0 aliphatic rings. The van der Waals surface area contributed by atoms with E-state index < -0.39 is 5.09 Å². The van der Waals surface area contributed by atoms with E-state index in [1.54, 1.807) is 0 Å². The molecule has 2 heterocycles. The second kappa shape index (κ2) is 14.4. The van der Waals surface area contributed by atoms with Gasteiger partial charge in [-0.15, -0.1) is 0 Å². The van der Waals surface area contributed by atoms with E-state index >= 15 is 0 Å². The first kappa shape index (κ1) is 31.2. The Balaban J connectivity index is 0.00000104. The minimum Gasteiger partial charge on any atom is -0.356 e. The van der Waals surface area contributed by atoms with E-state index in [9.17, 15) is 0 Å². The first-order valence-corrected chi connectivity index (χ1v) is 13.9. The average molecular weight is 581 g/mol. The van der Waals surface area contributed by atoms with E-state index in [0.717, 1.165) is 61.1 Å². The Kier molecular flexibility index (Phi) is 10.2. The zero-order valence-corrected chi connectivity index (χ0v) is 25.1. The molecule has 0 fully saturated rings. The van der Waals surface area contributed by atoms with Crippen molar-refractivity contribution in [2.75, 3.05) is 21.1 Å². The molecule has 44 heavy (non-hydrogen) atoms. The fourth-order valence-electron chi connectivity index (χ4n) is 4.53. The molecule has 0 aliphatic carbocycles. The van der Waals surface area contributed by atoms with Crippen molar-refractivity contribution < 1.29 is 9.57 Å². The van der Waals surface area contributed by atoms with Gasteiger partial charge in [-0.2, -0.15) is 0 Å². The fourth-order valence-corrected chi connectivity index (χ4v) is 4.53. The van der Waals surface area contributed by atoms with Gasteiger partial charge in [0, 0.05) is 52.6 Å². The molecule has 0 bridgehead atoms. The topological polar surface area (TPSA) is 92.0 Å². The highest BCUT2D eigenvalue weighted by Crippen LogP contribution is 2.21. The highest BCUT2D eigenvalue weighted by atomic mass is 16.9. The maximum Gasteiger partial charge on any atom is 0.104 e. The van der Waals surface area contributed by atoms with Gasteiger partial charge in [0.25, 0.3) is 0 Å². The van der Waals surface area contributed by atoms with Crippen LogP contribution in [0.3, 0.4) is 0 Å². The third-order valence-corrected chi connectivity index (χ3v) is 6.60. The number of hydrogen-bond acceptors (Lipinski definition) is 5. The number of hydrogen-bond donors (Lipinski definition) is 0. The zero-order chi connectivity index (χ0) is 31.5. The molecule has 3 aromatic carbocycles. The van der Waals surface area contributed by atoms with Crippen molar-refractivity contribution in [2.45, 2.75) is 13.5 Å². The van der Waals surface area contributed by atoms with E-state index in [1.165, 1.54) is 5.56 Å². The number of aromatic nitrogens is 2. The molecule has 218 valence electrons. The first-order chi connectivity index (χ1) is 21.1. The molecular formula is C37H32N4O3. The fraction of sp³-hybridized carbons (Fsp3) is 0.135. The van der Waals surface area contributed by atoms with Gasteiger partial charge in [-0.05, 0) is 95.4 Å². The van der Waals surface area contributed by atoms with Crippen molar-refractivity contribution in [3.05, 3.63) is 158 Å². The van der Waals surface area contributed by atoms with Gasteiger partial charge in [0.2, 0.25) is 0 Å². The molecule has 7 heteroatoms. The lowest BCUT2D eigenvalue weighted by Gasteiger charge is -2.24. The van der Waals surface area contributed by atoms with E-state index in [4.69, 9.17) is 15.3 Å². The molecular weight excluding hydrogens is 548 g/mol. The maximum absolute atomic E-state index is 8.25. The molecule has 0 saturated carbocycles. The SMILES string of the molecule is Cc1c(C#Cc2ccc(-c3ccncc3)cc2)cc(C[N+](C)(C)C)cc1C#Cc1ccc(-c2ccncc2)cc1.O=[N+]([O-])[O-]. The molecule has 2 aromatic heterocycles. The van der Waals surface area contributed by atoms with Crippen molar-refractivity contribution in [3.8, 4) is 45.9 Å². The van der Waals surface area contributed by atoms with Gasteiger partial charge in [0.15, 0.2) is 0 Å². The van der Waals surface area contributed by atoms with Crippen LogP contribution in [-0.2, 0) is 6.54 Å². The summed E-state index contributed by atoms with van der Waals surface area (Å²) < 4.78 is 0.829. The highest BCUT2D eigenvalue weighted by molar-refractivity contribution is 5.65. The summed E-state index contributed by atoms with van der Waals surface area (Å²) in [5.74, 6) is 13.6. The lowest BCUT2D eigenvalue weighted by molar-refractivity contribution is -0.884. The summed E-state index contributed by atoms with van der Waals surface area (Å²) in [5, 5.41) is 14.8. The van der Waals surface area contributed by atoms with Crippen molar-refractivity contribution in [2.24, 2.45) is 0 Å². The second-order valence-electron chi connectivity index (χ2n) is 11.1. The van der Waals surface area contributed by atoms with Crippen LogP contribution in [-0.4, -0.2) is 40.7 Å². The Bertz CT molecular complexity index is 1710. The minimum atomic E-state index is -1.75. The molecule has 0 unspecified atom stereocenters. The predicted molar refractivity (Wildman–Crippen MR) is 175 cm³/mol. The Labute approximate surface area is 258 Å². The van der Waals surface area contributed by atoms with Crippen LogP contribution in [0.25, 0.3) is 22.3 Å². The number of quaternary nitrogens is 1. The van der Waals surface area contributed by atoms with Crippen molar-refractivity contribution >= 4 is 0 Å². The Morgan fingerprint density at radius 2 is 0.955 bits per heavy atom. The average Bonchev–Trinajstić information content (AvgIpc) is 3.01. The molecule has 5 aromatic rings. The van der Waals surface area contributed by atoms with Gasteiger partial charge in [-0.25, -0.2) is 0 Å². The van der Waals surface area contributed by atoms with E-state index in [0.29, 0.717) is 0 Å².